The molecular formula is C16H17Cl2N3O. The summed E-state index contributed by atoms with van der Waals surface area (Å²) in [7, 11) is 1.74. The summed E-state index contributed by atoms with van der Waals surface area (Å²) in [4.78, 5) is 14.4. The van der Waals surface area contributed by atoms with E-state index in [4.69, 9.17) is 23.2 Å². The number of nitrogens with zero attached hydrogens (tertiary/aromatic N) is 3. The fraction of sp³-hybridized carbons (Fsp3) is 0.375. The van der Waals surface area contributed by atoms with E-state index >= 15 is 0 Å². The normalized spacial score (nSPS) is 18.0. The van der Waals surface area contributed by atoms with Crippen LogP contribution in [0.1, 0.15) is 22.5 Å². The Balaban J connectivity index is 1.65. The Hall–Kier alpha value is -1.52. The number of benzene rings is 1. The van der Waals surface area contributed by atoms with Crippen molar-refractivity contribution in [3.63, 3.8) is 0 Å². The summed E-state index contributed by atoms with van der Waals surface area (Å²) >= 11 is 12.0. The van der Waals surface area contributed by atoms with Crippen molar-refractivity contribution in [3.8, 4) is 0 Å². The third-order valence-corrected chi connectivity index (χ3v) is 4.64. The summed E-state index contributed by atoms with van der Waals surface area (Å²) in [6.07, 6.45) is 3.47. The SMILES string of the molecule is Cn1ncc(Cl)c1C(=O)N1CCC(Cc2ccc(Cl)cc2)C1. The average Bonchev–Trinajstić information content (AvgIpc) is 3.08. The van der Waals surface area contributed by atoms with E-state index in [9.17, 15) is 4.79 Å². The van der Waals surface area contributed by atoms with Crippen molar-refractivity contribution in [2.75, 3.05) is 13.1 Å². The van der Waals surface area contributed by atoms with Gasteiger partial charge in [0.1, 0.15) is 5.69 Å². The summed E-state index contributed by atoms with van der Waals surface area (Å²) in [5, 5.41) is 5.19. The highest BCUT2D eigenvalue weighted by Crippen LogP contribution is 2.25. The molecule has 116 valence electrons. The van der Waals surface area contributed by atoms with Gasteiger partial charge in [0.05, 0.1) is 11.2 Å². The Kier molecular flexibility index (Phi) is 4.41. The van der Waals surface area contributed by atoms with E-state index in [1.165, 1.54) is 16.4 Å². The molecule has 0 saturated carbocycles. The quantitative estimate of drug-likeness (QED) is 0.860. The monoisotopic (exact) mass is 337 g/mol. The standard InChI is InChI=1S/C16H17Cl2N3O/c1-20-15(14(18)9-19-20)16(22)21-7-6-12(10-21)8-11-2-4-13(17)5-3-11/h2-5,9,12H,6-8,10H2,1H3. The topological polar surface area (TPSA) is 38.1 Å². The van der Waals surface area contributed by atoms with Gasteiger partial charge in [-0.1, -0.05) is 35.3 Å². The molecule has 6 heteroatoms. The molecule has 1 amide bonds. The summed E-state index contributed by atoms with van der Waals surface area (Å²) < 4.78 is 1.54. The number of aryl methyl sites for hydroxylation is 1. The van der Waals surface area contributed by atoms with Gasteiger partial charge in [0.15, 0.2) is 0 Å². The molecule has 3 rings (SSSR count). The summed E-state index contributed by atoms with van der Waals surface area (Å²) in [5.41, 5.74) is 1.72. The molecule has 0 spiro atoms. The molecule has 1 atom stereocenters. The van der Waals surface area contributed by atoms with Gasteiger partial charge in [-0.25, -0.2) is 0 Å². The van der Waals surface area contributed by atoms with E-state index in [1.54, 1.807) is 7.05 Å². The zero-order valence-electron chi connectivity index (χ0n) is 12.3. The second-order valence-electron chi connectivity index (χ2n) is 5.70. The molecule has 0 N–H and O–H groups in total. The van der Waals surface area contributed by atoms with Gasteiger partial charge in [-0.15, -0.1) is 0 Å². The smallest absolute Gasteiger partial charge is 0.273 e. The van der Waals surface area contributed by atoms with E-state index in [0.717, 1.165) is 31.0 Å². The van der Waals surface area contributed by atoms with Crippen molar-refractivity contribution >= 4 is 29.1 Å². The zero-order chi connectivity index (χ0) is 15.7. The maximum atomic E-state index is 12.6. The summed E-state index contributed by atoms with van der Waals surface area (Å²) in [6.45, 7) is 1.52. The van der Waals surface area contributed by atoms with Crippen LogP contribution in [0.2, 0.25) is 10.0 Å². The number of hydrogen-bond donors (Lipinski definition) is 0. The Labute approximate surface area is 139 Å². The first-order valence-electron chi connectivity index (χ1n) is 7.26. The highest BCUT2D eigenvalue weighted by Gasteiger charge is 2.29. The summed E-state index contributed by atoms with van der Waals surface area (Å²) in [5.74, 6) is 0.431. The van der Waals surface area contributed by atoms with Crippen LogP contribution in [0.25, 0.3) is 0 Å². The maximum Gasteiger partial charge on any atom is 0.273 e. The molecule has 1 saturated heterocycles. The van der Waals surface area contributed by atoms with Crippen LogP contribution in [0, 0.1) is 5.92 Å². The highest BCUT2D eigenvalue weighted by molar-refractivity contribution is 6.33. The van der Waals surface area contributed by atoms with E-state index in [-0.39, 0.29) is 5.91 Å². The van der Waals surface area contributed by atoms with Crippen LogP contribution in [0.4, 0.5) is 0 Å². The molecule has 2 aromatic rings. The Morgan fingerprint density at radius 1 is 1.32 bits per heavy atom. The van der Waals surface area contributed by atoms with Gasteiger partial charge in [0.25, 0.3) is 5.91 Å². The van der Waals surface area contributed by atoms with Gasteiger partial charge in [0, 0.05) is 25.2 Å². The molecule has 1 aromatic heterocycles. The van der Waals surface area contributed by atoms with Crippen LogP contribution in [0.5, 0.6) is 0 Å². The third kappa shape index (κ3) is 3.13. The molecular weight excluding hydrogens is 321 g/mol. The lowest BCUT2D eigenvalue weighted by molar-refractivity contribution is 0.0776. The highest BCUT2D eigenvalue weighted by atomic mass is 35.5. The summed E-state index contributed by atoms with van der Waals surface area (Å²) in [6, 6.07) is 7.91. The average molecular weight is 338 g/mol. The number of carbonyl (C=O) groups excluding carboxylic acids is 1. The van der Waals surface area contributed by atoms with Crippen LogP contribution in [-0.2, 0) is 13.5 Å². The van der Waals surface area contributed by atoms with Gasteiger partial charge in [-0.2, -0.15) is 5.10 Å². The first-order valence-corrected chi connectivity index (χ1v) is 8.01. The fourth-order valence-electron chi connectivity index (χ4n) is 2.94. The van der Waals surface area contributed by atoms with Crippen molar-refractivity contribution in [1.82, 2.24) is 14.7 Å². The first-order chi connectivity index (χ1) is 10.5. The minimum Gasteiger partial charge on any atom is -0.337 e. The lowest BCUT2D eigenvalue weighted by atomic mass is 9.99. The lowest BCUT2D eigenvalue weighted by Crippen LogP contribution is -2.30. The minimum absolute atomic E-state index is 0.0383. The number of carbonyl (C=O) groups is 1. The molecule has 1 fully saturated rings. The Bertz CT molecular complexity index is 662. The largest absolute Gasteiger partial charge is 0.337 e. The molecule has 0 bridgehead atoms. The minimum atomic E-state index is -0.0383. The van der Waals surface area contributed by atoms with E-state index in [2.05, 4.69) is 5.10 Å². The maximum absolute atomic E-state index is 12.6. The number of aromatic nitrogens is 2. The van der Waals surface area contributed by atoms with Crippen LogP contribution in [-0.4, -0.2) is 33.7 Å². The number of rotatable bonds is 3. The van der Waals surface area contributed by atoms with Crippen LogP contribution >= 0.6 is 23.2 Å². The van der Waals surface area contributed by atoms with Gasteiger partial charge in [-0.3, -0.25) is 9.48 Å². The molecule has 0 aliphatic carbocycles. The molecule has 1 unspecified atom stereocenters. The first kappa shape index (κ1) is 15.4. The molecule has 2 heterocycles. The predicted molar refractivity (Wildman–Crippen MR) is 87.4 cm³/mol. The van der Waals surface area contributed by atoms with Crippen LogP contribution < -0.4 is 0 Å². The number of halogens is 2. The van der Waals surface area contributed by atoms with Crippen molar-refractivity contribution < 1.29 is 4.79 Å². The molecule has 0 radical (unpaired) electrons. The fourth-order valence-corrected chi connectivity index (χ4v) is 3.31. The zero-order valence-corrected chi connectivity index (χ0v) is 13.8. The number of likely N-dealkylation sites (tertiary alicyclic amines) is 1. The van der Waals surface area contributed by atoms with Gasteiger partial charge < -0.3 is 4.90 Å². The van der Waals surface area contributed by atoms with Gasteiger partial charge in [-0.05, 0) is 36.5 Å². The van der Waals surface area contributed by atoms with Crippen molar-refractivity contribution in [3.05, 3.63) is 51.8 Å². The lowest BCUT2D eigenvalue weighted by Gasteiger charge is -2.17. The van der Waals surface area contributed by atoms with Crippen molar-refractivity contribution in [2.24, 2.45) is 13.0 Å². The molecule has 22 heavy (non-hydrogen) atoms. The molecule has 1 aromatic carbocycles. The van der Waals surface area contributed by atoms with Crippen molar-refractivity contribution in [1.29, 1.82) is 0 Å². The molecule has 1 aliphatic rings. The second kappa shape index (κ2) is 6.31. The van der Waals surface area contributed by atoms with E-state index in [1.807, 2.05) is 29.2 Å². The number of amides is 1. The second-order valence-corrected chi connectivity index (χ2v) is 6.54. The Morgan fingerprint density at radius 2 is 2.05 bits per heavy atom. The van der Waals surface area contributed by atoms with Crippen molar-refractivity contribution in [2.45, 2.75) is 12.8 Å². The Morgan fingerprint density at radius 3 is 2.68 bits per heavy atom. The van der Waals surface area contributed by atoms with E-state index < -0.39 is 0 Å². The van der Waals surface area contributed by atoms with E-state index in [0.29, 0.717) is 16.6 Å². The van der Waals surface area contributed by atoms with Crippen LogP contribution in [0.15, 0.2) is 30.5 Å². The van der Waals surface area contributed by atoms with Gasteiger partial charge >= 0.3 is 0 Å². The third-order valence-electron chi connectivity index (χ3n) is 4.11. The molecule has 1 aliphatic heterocycles. The number of hydrogen-bond acceptors (Lipinski definition) is 2. The predicted octanol–water partition coefficient (Wildman–Crippen LogP) is 3.43. The van der Waals surface area contributed by atoms with Crippen LogP contribution in [0.3, 0.4) is 0 Å². The molecule has 4 nitrogen and oxygen atoms in total. The van der Waals surface area contributed by atoms with Gasteiger partial charge in [0.2, 0.25) is 0 Å².